The van der Waals surface area contributed by atoms with Gasteiger partial charge in [-0.15, -0.1) is 0 Å². The summed E-state index contributed by atoms with van der Waals surface area (Å²) >= 11 is 0. The number of rotatable bonds is 4. The van der Waals surface area contributed by atoms with Crippen LogP contribution in [0.25, 0.3) is 99.2 Å². The first-order chi connectivity index (χ1) is 25.3. The molecule has 0 atom stereocenters. The second-order valence-corrected chi connectivity index (χ2v) is 13.3. The Morgan fingerprint density at radius 1 is 0.314 bits per heavy atom. The van der Waals surface area contributed by atoms with E-state index in [2.05, 4.69) is 179 Å². The van der Waals surface area contributed by atoms with Crippen LogP contribution in [0.1, 0.15) is 0 Å². The van der Waals surface area contributed by atoms with E-state index in [1.807, 2.05) is 12.1 Å². The first-order valence-electron chi connectivity index (χ1n) is 17.4. The van der Waals surface area contributed by atoms with Gasteiger partial charge in [0.05, 0.1) is 33.1 Å². The lowest BCUT2D eigenvalue weighted by Gasteiger charge is -2.10. The molecule has 0 radical (unpaired) electrons. The lowest BCUT2D eigenvalue weighted by atomic mass is 9.98. The molecule has 11 aromatic rings. The molecule has 0 spiro atoms. The number of nitrogens with zero attached hydrogens (tertiary/aromatic N) is 2. The number of hydrogen-bond acceptors (Lipinski definition) is 1. The molecule has 0 amide bonds. The molecule has 3 heterocycles. The van der Waals surface area contributed by atoms with Crippen LogP contribution in [0.4, 0.5) is 0 Å². The van der Waals surface area contributed by atoms with Gasteiger partial charge >= 0.3 is 0 Å². The highest BCUT2D eigenvalue weighted by Gasteiger charge is 2.18. The van der Waals surface area contributed by atoms with Crippen LogP contribution in [0, 0.1) is 0 Å². The standard InChI is InChI=1S/C48H30N2O/c1-2-11-35(12-3-1)49-41-16-7-4-13-36(41)39-29-33(25-27-43(39)49)31-21-23-32(24-22-31)34-26-28-44-40(30-34)37-14-5-8-17-42(37)50(44)45-18-10-20-47-48(45)38-15-6-9-19-46(38)51-47/h1-30H. The summed E-state index contributed by atoms with van der Waals surface area (Å²) in [6, 6.07) is 65.5. The van der Waals surface area contributed by atoms with Crippen LogP contribution in [0.3, 0.4) is 0 Å². The van der Waals surface area contributed by atoms with E-state index in [0.717, 1.165) is 27.6 Å². The van der Waals surface area contributed by atoms with Crippen molar-refractivity contribution in [2.24, 2.45) is 0 Å². The normalized spacial score (nSPS) is 11.9. The zero-order valence-electron chi connectivity index (χ0n) is 27.6. The van der Waals surface area contributed by atoms with Gasteiger partial charge < -0.3 is 13.6 Å². The van der Waals surface area contributed by atoms with Crippen LogP contribution in [-0.4, -0.2) is 9.13 Å². The van der Waals surface area contributed by atoms with Crippen molar-refractivity contribution >= 4 is 65.6 Å². The Hall–Kier alpha value is -6.84. The van der Waals surface area contributed by atoms with E-state index >= 15 is 0 Å². The average molecular weight is 651 g/mol. The van der Waals surface area contributed by atoms with Crippen LogP contribution in [0.2, 0.25) is 0 Å². The number of benzene rings is 8. The van der Waals surface area contributed by atoms with Crippen molar-refractivity contribution in [2.45, 2.75) is 0 Å². The SMILES string of the molecule is c1ccc(-n2c3ccccc3c3cc(-c4ccc(-c5ccc6c(c5)c5ccccc5n6-c5cccc6oc7ccccc7c56)cc4)ccc32)cc1. The molecule has 238 valence electrons. The highest BCUT2D eigenvalue weighted by molar-refractivity contribution is 6.15. The van der Waals surface area contributed by atoms with E-state index in [1.165, 1.54) is 71.6 Å². The number of hydrogen-bond donors (Lipinski definition) is 0. The minimum absolute atomic E-state index is 0.900. The van der Waals surface area contributed by atoms with Crippen molar-refractivity contribution in [3.63, 3.8) is 0 Å². The maximum Gasteiger partial charge on any atom is 0.137 e. The minimum atomic E-state index is 0.900. The van der Waals surface area contributed by atoms with E-state index in [4.69, 9.17) is 4.42 Å². The number of aromatic nitrogens is 2. The Kier molecular flexibility index (Phi) is 5.96. The van der Waals surface area contributed by atoms with Gasteiger partial charge in [0.25, 0.3) is 0 Å². The highest BCUT2D eigenvalue weighted by Crippen LogP contribution is 2.40. The Bertz CT molecular complexity index is 3120. The monoisotopic (exact) mass is 650 g/mol. The first kappa shape index (κ1) is 28.0. The molecule has 8 aromatic carbocycles. The van der Waals surface area contributed by atoms with E-state index in [-0.39, 0.29) is 0 Å². The van der Waals surface area contributed by atoms with Crippen LogP contribution in [0.5, 0.6) is 0 Å². The molecular formula is C48H30N2O. The maximum atomic E-state index is 6.28. The third kappa shape index (κ3) is 4.19. The third-order valence-corrected chi connectivity index (χ3v) is 10.5. The van der Waals surface area contributed by atoms with Crippen LogP contribution >= 0.6 is 0 Å². The largest absolute Gasteiger partial charge is 0.456 e. The second-order valence-electron chi connectivity index (χ2n) is 13.3. The number of furan rings is 1. The summed E-state index contributed by atoms with van der Waals surface area (Å²) < 4.78 is 11.0. The predicted octanol–water partition coefficient (Wildman–Crippen LogP) is 13.1. The minimum Gasteiger partial charge on any atom is -0.456 e. The molecule has 0 aliphatic rings. The van der Waals surface area contributed by atoms with Gasteiger partial charge in [0.15, 0.2) is 0 Å². The topological polar surface area (TPSA) is 23.0 Å². The molecule has 0 N–H and O–H groups in total. The third-order valence-electron chi connectivity index (χ3n) is 10.5. The molecule has 3 heteroatoms. The van der Waals surface area contributed by atoms with Gasteiger partial charge in [-0.05, 0) is 89.0 Å². The fourth-order valence-electron chi connectivity index (χ4n) is 8.22. The van der Waals surface area contributed by atoms with Crippen molar-refractivity contribution in [3.8, 4) is 33.6 Å². The van der Waals surface area contributed by atoms with E-state index in [0.29, 0.717) is 0 Å². The molecule has 0 saturated carbocycles. The summed E-state index contributed by atoms with van der Waals surface area (Å²) in [5, 5.41) is 7.26. The van der Waals surface area contributed by atoms with Gasteiger partial charge in [0, 0.05) is 32.6 Å². The quantitative estimate of drug-likeness (QED) is 0.186. The van der Waals surface area contributed by atoms with Crippen molar-refractivity contribution < 1.29 is 4.42 Å². The molecule has 0 unspecified atom stereocenters. The second kappa shape index (κ2) is 10.8. The highest BCUT2D eigenvalue weighted by atomic mass is 16.3. The van der Waals surface area contributed by atoms with E-state index in [1.54, 1.807) is 0 Å². The fraction of sp³-hybridized carbons (Fsp3) is 0. The van der Waals surface area contributed by atoms with Crippen LogP contribution in [-0.2, 0) is 0 Å². The van der Waals surface area contributed by atoms with Crippen LogP contribution < -0.4 is 0 Å². The average Bonchev–Trinajstić information content (AvgIpc) is 3.86. The van der Waals surface area contributed by atoms with Gasteiger partial charge in [0.1, 0.15) is 11.2 Å². The Morgan fingerprint density at radius 2 is 0.804 bits per heavy atom. The van der Waals surface area contributed by atoms with Crippen molar-refractivity contribution in [1.82, 2.24) is 9.13 Å². The molecule has 0 aliphatic carbocycles. The first-order valence-corrected chi connectivity index (χ1v) is 17.4. The lowest BCUT2D eigenvalue weighted by Crippen LogP contribution is -1.94. The van der Waals surface area contributed by atoms with E-state index < -0.39 is 0 Å². The molecule has 3 nitrogen and oxygen atoms in total. The van der Waals surface area contributed by atoms with Crippen molar-refractivity contribution in [3.05, 3.63) is 182 Å². The molecule has 11 rings (SSSR count). The summed E-state index contributed by atoms with van der Waals surface area (Å²) in [7, 11) is 0. The molecule has 51 heavy (non-hydrogen) atoms. The predicted molar refractivity (Wildman–Crippen MR) is 213 cm³/mol. The van der Waals surface area contributed by atoms with Crippen LogP contribution in [0.15, 0.2) is 186 Å². The summed E-state index contributed by atoms with van der Waals surface area (Å²) in [5.74, 6) is 0. The molecular weight excluding hydrogens is 621 g/mol. The molecule has 0 bridgehead atoms. The summed E-state index contributed by atoms with van der Waals surface area (Å²) in [6.07, 6.45) is 0. The maximum absolute atomic E-state index is 6.28. The molecule has 0 fully saturated rings. The van der Waals surface area contributed by atoms with Gasteiger partial charge in [-0.1, -0.05) is 115 Å². The van der Waals surface area contributed by atoms with Gasteiger partial charge in [-0.3, -0.25) is 0 Å². The van der Waals surface area contributed by atoms with Crippen molar-refractivity contribution in [1.29, 1.82) is 0 Å². The summed E-state index contributed by atoms with van der Waals surface area (Å²) in [4.78, 5) is 0. The fourth-order valence-corrected chi connectivity index (χ4v) is 8.22. The smallest absolute Gasteiger partial charge is 0.137 e. The Balaban J connectivity index is 1.02. The van der Waals surface area contributed by atoms with Gasteiger partial charge in [0.2, 0.25) is 0 Å². The molecule has 0 saturated heterocycles. The van der Waals surface area contributed by atoms with Crippen molar-refractivity contribution in [2.75, 3.05) is 0 Å². The van der Waals surface area contributed by atoms with E-state index in [9.17, 15) is 0 Å². The molecule has 0 aliphatic heterocycles. The summed E-state index contributed by atoms with van der Waals surface area (Å²) in [5.41, 5.74) is 13.7. The number of para-hydroxylation sites is 4. The van der Waals surface area contributed by atoms with Gasteiger partial charge in [-0.25, -0.2) is 0 Å². The summed E-state index contributed by atoms with van der Waals surface area (Å²) in [6.45, 7) is 0. The zero-order valence-corrected chi connectivity index (χ0v) is 27.6. The Morgan fingerprint density at radius 3 is 1.47 bits per heavy atom. The lowest BCUT2D eigenvalue weighted by molar-refractivity contribution is 0.669. The Labute approximate surface area is 293 Å². The number of fused-ring (bicyclic) bond motifs is 9. The molecule has 3 aromatic heterocycles. The zero-order chi connectivity index (χ0) is 33.5. The van der Waals surface area contributed by atoms with Gasteiger partial charge in [-0.2, -0.15) is 0 Å².